The highest BCUT2D eigenvalue weighted by Crippen LogP contribution is 2.06. The summed E-state index contributed by atoms with van der Waals surface area (Å²) >= 11 is 0. The Labute approximate surface area is 111 Å². The number of H-pyrrole nitrogens is 1. The molecule has 106 valence electrons. The fourth-order valence-corrected chi connectivity index (χ4v) is 1.64. The van der Waals surface area contributed by atoms with E-state index in [0.29, 0.717) is 19.5 Å². The highest BCUT2D eigenvalue weighted by atomic mass is 16.4. The van der Waals surface area contributed by atoms with Gasteiger partial charge in [-0.25, -0.2) is 9.78 Å². The third kappa shape index (κ3) is 6.44. The molecule has 4 N–H and O–H groups in total. The first-order valence-electron chi connectivity index (χ1n) is 6.33. The lowest BCUT2D eigenvalue weighted by Gasteiger charge is -2.13. The number of rotatable bonds is 8. The number of carbonyl (C=O) groups excluding carboxylic acids is 1. The second-order valence-corrected chi connectivity index (χ2v) is 4.29. The Morgan fingerprint density at radius 1 is 1.47 bits per heavy atom. The lowest BCUT2D eigenvalue weighted by molar-refractivity contribution is -0.138. The molecule has 0 saturated carbocycles. The van der Waals surface area contributed by atoms with Crippen molar-refractivity contribution in [1.82, 2.24) is 20.6 Å². The summed E-state index contributed by atoms with van der Waals surface area (Å²) in [7, 11) is 0. The highest BCUT2D eigenvalue weighted by Gasteiger charge is 2.12. The van der Waals surface area contributed by atoms with Crippen LogP contribution in [-0.4, -0.2) is 40.2 Å². The van der Waals surface area contributed by atoms with Crippen LogP contribution < -0.4 is 10.6 Å². The highest BCUT2D eigenvalue weighted by molar-refractivity contribution is 5.74. The standard InChI is InChI=1S/C12H20N4O3/c1-2-9(7-11(17)18)8-16-12(19)15-4-3-10-13-5-6-14-10/h5-6,9H,2-4,7-8H2,1H3,(H,13,14)(H,17,18)(H2,15,16,19). The van der Waals surface area contributed by atoms with Crippen LogP contribution in [0.25, 0.3) is 0 Å². The Hall–Kier alpha value is -2.05. The van der Waals surface area contributed by atoms with Crippen LogP contribution in [0.1, 0.15) is 25.6 Å². The molecule has 0 aromatic carbocycles. The number of carbonyl (C=O) groups is 2. The summed E-state index contributed by atoms with van der Waals surface area (Å²) in [5, 5.41) is 14.1. The minimum atomic E-state index is -0.841. The molecule has 0 aliphatic carbocycles. The molecule has 0 bridgehead atoms. The Morgan fingerprint density at radius 2 is 2.26 bits per heavy atom. The number of amides is 2. The molecule has 0 fully saturated rings. The van der Waals surface area contributed by atoms with Gasteiger partial charge in [0.1, 0.15) is 5.82 Å². The lowest BCUT2D eigenvalue weighted by atomic mass is 10.0. The van der Waals surface area contributed by atoms with Crippen LogP contribution >= 0.6 is 0 Å². The van der Waals surface area contributed by atoms with Gasteiger partial charge >= 0.3 is 12.0 Å². The average Bonchev–Trinajstić information content (AvgIpc) is 2.87. The van der Waals surface area contributed by atoms with Gasteiger partial charge in [-0.05, 0) is 5.92 Å². The normalized spacial score (nSPS) is 11.8. The summed E-state index contributed by atoms with van der Waals surface area (Å²) in [5.74, 6) is -0.0576. The molecule has 0 radical (unpaired) electrons. The number of hydrogen-bond acceptors (Lipinski definition) is 3. The monoisotopic (exact) mass is 268 g/mol. The predicted molar refractivity (Wildman–Crippen MR) is 69.7 cm³/mol. The Bertz CT molecular complexity index is 392. The predicted octanol–water partition coefficient (Wildman–Crippen LogP) is 0.752. The van der Waals surface area contributed by atoms with Crippen LogP contribution in [0.15, 0.2) is 12.4 Å². The van der Waals surface area contributed by atoms with E-state index in [0.717, 1.165) is 12.2 Å². The number of hydrogen-bond donors (Lipinski definition) is 4. The van der Waals surface area contributed by atoms with Crippen molar-refractivity contribution in [2.24, 2.45) is 5.92 Å². The molecule has 1 rings (SSSR count). The molecular formula is C12H20N4O3. The molecule has 0 aliphatic heterocycles. The molecular weight excluding hydrogens is 248 g/mol. The van der Waals surface area contributed by atoms with Crippen LogP contribution in [0, 0.1) is 5.92 Å². The van der Waals surface area contributed by atoms with Crippen molar-refractivity contribution < 1.29 is 14.7 Å². The molecule has 0 saturated heterocycles. The van der Waals surface area contributed by atoms with Crippen molar-refractivity contribution in [3.05, 3.63) is 18.2 Å². The van der Waals surface area contributed by atoms with Crippen LogP contribution in [0.5, 0.6) is 0 Å². The van der Waals surface area contributed by atoms with Gasteiger partial charge in [0.15, 0.2) is 0 Å². The Morgan fingerprint density at radius 3 is 2.84 bits per heavy atom. The summed E-state index contributed by atoms with van der Waals surface area (Å²) in [4.78, 5) is 29.0. The summed E-state index contributed by atoms with van der Waals surface area (Å²) < 4.78 is 0. The zero-order chi connectivity index (χ0) is 14.1. The van der Waals surface area contributed by atoms with Gasteiger partial charge in [0.2, 0.25) is 0 Å². The smallest absolute Gasteiger partial charge is 0.314 e. The number of imidazole rings is 1. The van der Waals surface area contributed by atoms with Crippen LogP contribution in [-0.2, 0) is 11.2 Å². The van der Waals surface area contributed by atoms with Crippen LogP contribution in [0.4, 0.5) is 4.79 Å². The van der Waals surface area contributed by atoms with Gasteiger partial charge in [-0.2, -0.15) is 0 Å². The molecule has 1 aromatic heterocycles. The molecule has 1 heterocycles. The Kier molecular flexibility index (Phi) is 6.42. The second-order valence-electron chi connectivity index (χ2n) is 4.29. The first-order chi connectivity index (χ1) is 9.11. The van der Waals surface area contributed by atoms with E-state index in [2.05, 4.69) is 20.6 Å². The minimum absolute atomic E-state index is 0.0340. The summed E-state index contributed by atoms with van der Waals surface area (Å²) in [6, 6.07) is -0.282. The maximum absolute atomic E-state index is 11.5. The number of aliphatic carboxylic acids is 1. The second kappa shape index (κ2) is 8.12. The summed E-state index contributed by atoms with van der Waals surface area (Å²) in [6.45, 7) is 2.76. The fourth-order valence-electron chi connectivity index (χ4n) is 1.64. The maximum Gasteiger partial charge on any atom is 0.314 e. The molecule has 7 nitrogen and oxygen atoms in total. The number of aromatic amines is 1. The SMILES string of the molecule is CCC(CNC(=O)NCCc1ncc[nH]1)CC(=O)O. The maximum atomic E-state index is 11.5. The fraction of sp³-hybridized carbons (Fsp3) is 0.583. The van der Waals surface area contributed by atoms with Crippen molar-refractivity contribution in [3.8, 4) is 0 Å². The van der Waals surface area contributed by atoms with Gasteiger partial charge in [-0.1, -0.05) is 13.3 Å². The number of carboxylic acid groups (broad SMARTS) is 1. The van der Waals surface area contributed by atoms with Crippen molar-refractivity contribution in [1.29, 1.82) is 0 Å². The number of urea groups is 1. The van der Waals surface area contributed by atoms with Crippen molar-refractivity contribution >= 4 is 12.0 Å². The van der Waals surface area contributed by atoms with E-state index < -0.39 is 5.97 Å². The molecule has 1 aromatic rings. The summed E-state index contributed by atoms with van der Waals surface area (Å²) in [6.07, 6.45) is 4.81. The van der Waals surface area contributed by atoms with Crippen molar-refractivity contribution in [2.45, 2.75) is 26.2 Å². The zero-order valence-corrected chi connectivity index (χ0v) is 11.0. The quantitative estimate of drug-likeness (QED) is 0.558. The molecule has 1 unspecified atom stereocenters. The number of nitrogens with zero attached hydrogens (tertiary/aromatic N) is 1. The zero-order valence-electron chi connectivity index (χ0n) is 11.0. The first kappa shape index (κ1) is 15.0. The van der Waals surface area contributed by atoms with Gasteiger partial charge in [0.25, 0.3) is 0 Å². The molecule has 1 atom stereocenters. The van der Waals surface area contributed by atoms with Crippen LogP contribution in [0.2, 0.25) is 0 Å². The number of nitrogens with one attached hydrogen (secondary N) is 3. The van der Waals surface area contributed by atoms with E-state index in [1.54, 1.807) is 12.4 Å². The van der Waals surface area contributed by atoms with Gasteiger partial charge in [0, 0.05) is 38.3 Å². The van der Waals surface area contributed by atoms with Crippen molar-refractivity contribution in [3.63, 3.8) is 0 Å². The topological polar surface area (TPSA) is 107 Å². The number of carboxylic acids is 1. The Balaban J connectivity index is 2.14. The first-order valence-corrected chi connectivity index (χ1v) is 6.33. The molecule has 0 spiro atoms. The minimum Gasteiger partial charge on any atom is -0.481 e. The van der Waals surface area contributed by atoms with Gasteiger partial charge in [0.05, 0.1) is 0 Å². The van der Waals surface area contributed by atoms with Gasteiger partial charge < -0.3 is 20.7 Å². The third-order valence-electron chi connectivity index (χ3n) is 2.79. The van der Waals surface area contributed by atoms with E-state index in [1.165, 1.54) is 0 Å². The molecule has 7 heteroatoms. The molecule has 19 heavy (non-hydrogen) atoms. The average molecular weight is 268 g/mol. The summed E-state index contributed by atoms with van der Waals surface area (Å²) in [5.41, 5.74) is 0. The van der Waals surface area contributed by atoms with Gasteiger partial charge in [-0.15, -0.1) is 0 Å². The van der Waals surface area contributed by atoms with Crippen LogP contribution in [0.3, 0.4) is 0 Å². The van der Waals surface area contributed by atoms with Crippen molar-refractivity contribution in [2.75, 3.05) is 13.1 Å². The van der Waals surface area contributed by atoms with E-state index in [-0.39, 0.29) is 18.4 Å². The lowest BCUT2D eigenvalue weighted by Crippen LogP contribution is -2.39. The van der Waals surface area contributed by atoms with E-state index in [1.807, 2.05) is 6.92 Å². The number of aromatic nitrogens is 2. The molecule has 2 amide bonds. The van der Waals surface area contributed by atoms with E-state index >= 15 is 0 Å². The largest absolute Gasteiger partial charge is 0.481 e. The van der Waals surface area contributed by atoms with E-state index in [9.17, 15) is 9.59 Å². The third-order valence-corrected chi connectivity index (χ3v) is 2.79. The molecule has 0 aliphatic rings. The van der Waals surface area contributed by atoms with E-state index in [4.69, 9.17) is 5.11 Å². The van der Waals surface area contributed by atoms with Gasteiger partial charge in [-0.3, -0.25) is 4.79 Å².